The molecule has 1 unspecified atom stereocenters. The zero-order chi connectivity index (χ0) is 9.19. The normalized spacial score (nSPS) is 30.5. The quantitative estimate of drug-likeness (QED) is 0.675. The first-order valence-electron chi connectivity index (χ1n) is 5.09. The van der Waals surface area contributed by atoms with Gasteiger partial charge in [-0.2, -0.15) is 0 Å². The van der Waals surface area contributed by atoms with Crippen molar-refractivity contribution in [2.75, 3.05) is 20.1 Å². The Hall–Kier alpha value is -0.0800. The molecule has 0 aliphatic carbocycles. The van der Waals surface area contributed by atoms with Gasteiger partial charge in [-0.1, -0.05) is 13.8 Å². The lowest BCUT2D eigenvalue weighted by atomic mass is 9.88. The first-order valence-corrected chi connectivity index (χ1v) is 5.09. The molecule has 0 aromatic carbocycles. The van der Waals surface area contributed by atoms with Crippen molar-refractivity contribution in [1.82, 2.24) is 10.2 Å². The number of nitrogens with zero attached hydrogens (tertiary/aromatic N) is 1. The zero-order valence-corrected chi connectivity index (χ0v) is 8.85. The minimum Gasteiger partial charge on any atom is -0.311 e. The zero-order valence-electron chi connectivity index (χ0n) is 8.85. The number of likely N-dealkylation sites (N-methyl/N-ethyl adjacent to an activating group) is 1. The maximum Gasteiger partial charge on any atom is 0.0326 e. The standard InChI is InChI=1S/C10H22N2/c1-5-10(6-2)8-11-9(3)7-12(10)4/h9,11H,5-8H2,1-4H3. The van der Waals surface area contributed by atoms with Crippen molar-refractivity contribution in [3.05, 3.63) is 0 Å². The molecule has 1 saturated heterocycles. The van der Waals surface area contributed by atoms with E-state index in [1.807, 2.05) is 0 Å². The Morgan fingerprint density at radius 2 is 2.00 bits per heavy atom. The number of hydrogen-bond acceptors (Lipinski definition) is 2. The number of piperazine rings is 1. The highest BCUT2D eigenvalue weighted by atomic mass is 15.2. The van der Waals surface area contributed by atoms with Crippen molar-refractivity contribution in [3.8, 4) is 0 Å². The van der Waals surface area contributed by atoms with Gasteiger partial charge in [0, 0.05) is 24.7 Å². The highest BCUT2D eigenvalue weighted by Gasteiger charge is 2.34. The van der Waals surface area contributed by atoms with Crippen molar-refractivity contribution < 1.29 is 0 Å². The van der Waals surface area contributed by atoms with Crippen LogP contribution in [-0.4, -0.2) is 36.6 Å². The van der Waals surface area contributed by atoms with E-state index in [0.29, 0.717) is 11.6 Å². The summed E-state index contributed by atoms with van der Waals surface area (Å²) in [5.41, 5.74) is 0.423. The van der Waals surface area contributed by atoms with Crippen LogP contribution < -0.4 is 5.32 Å². The van der Waals surface area contributed by atoms with E-state index in [2.05, 4.69) is 38.0 Å². The fraction of sp³-hybridized carbons (Fsp3) is 1.00. The molecule has 1 aliphatic rings. The van der Waals surface area contributed by atoms with Crippen molar-refractivity contribution in [3.63, 3.8) is 0 Å². The van der Waals surface area contributed by atoms with Crippen LogP contribution in [0.25, 0.3) is 0 Å². The van der Waals surface area contributed by atoms with Crippen LogP contribution in [0.3, 0.4) is 0 Å². The lowest BCUT2D eigenvalue weighted by Crippen LogP contribution is -2.62. The molecule has 0 amide bonds. The Balaban J connectivity index is 2.64. The van der Waals surface area contributed by atoms with E-state index in [0.717, 1.165) is 6.54 Å². The van der Waals surface area contributed by atoms with Crippen LogP contribution in [-0.2, 0) is 0 Å². The predicted octanol–water partition coefficient (Wildman–Crippen LogP) is 1.47. The maximum atomic E-state index is 3.56. The van der Waals surface area contributed by atoms with E-state index in [-0.39, 0.29) is 0 Å². The second-order valence-corrected chi connectivity index (χ2v) is 4.09. The maximum absolute atomic E-state index is 3.56. The number of nitrogens with one attached hydrogen (secondary N) is 1. The van der Waals surface area contributed by atoms with Crippen LogP contribution >= 0.6 is 0 Å². The highest BCUT2D eigenvalue weighted by Crippen LogP contribution is 2.24. The molecule has 0 radical (unpaired) electrons. The Morgan fingerprint density at radius 1 is 1.42 bits per heavy atom. The van der Waals surface area contributed by atoms with Gasteiger partial charge in [-0.3, -0.25) is 4.90 Å². The van der Waals surface area contributed by atoms with Crippen LogP contribution in [0, 0.1) is 0 Å². The third-order valence-electron chi connectivity index (χ3n) is 3.45. The van der Waals surface area contributed by atoms with Gasteiger partial charge in [-0.25, -0.2) is 0 Å². The van der Waals surface area contributed by atoms with E-state index in [1.165, 1.54) is 19.4 Å². The molecule has 2 nitrogen and oxygen atoms in total. The van der Waals surface area contributed by atoms with Gasteiger partial charge in [0.1, 0.15) is 0 Å². The molecule has 1 aliphatic heterocycles. The summed E-state index contributed by atoms with van der Waals surface area (Å²) in [6, 6.07) is 0.654. The van der Waals surface area contributed by atoms with Crippen LogP contribution in [0.15, 0.2) is 0 Å². The molecule has 0 spiro atoms. The summed E-state index contributed by atoms with van der Waals surface area (Å²) in [4.78, 5) is 2.52. The van der Waals surface area contributed by atoms with Gasteiger partial charge >= 0.3 is 0 Å². The second-order valence-electron chi connectivity index (χ2n) is 4.09. The fourth-order valence-electron chi connectivity index (χ4n) is 2.21. The SMILES string of the molecule is CCC1(CC)CNC(C)CN1C. The number of hydrogen-bond donors (Lipinski definition) is 1. The Kier molecular flexibility index (Phi) is 3.13. The van der Waals surface area contributed by atoms with E-state index < -0.39 is 0 Å². The van der Waals surface area contributed by atoms with E-state index >= 15 is 0 Å². The van der Waals surface area contributed by atoms with E-state index in [4.69, 9.17) is 0 Å². The highest BCUT2D eigenvalue weighted by molar-refractivity contribution is 4.94. The average Bonchev–Trinajstić information content (AvgIpc) is 2.06. The molecule has 1 fully saturated rings. The first kappa shape index (κ1) is 10.0. The summed E-state index contributed by atoms with van der Waals surface area (Å²) in [6.07, 6.45) is 2.50. The van der Waals surface area contributed by atoms with Gasteiger partial charge in [0.25, 0.3) is 0 Å². The fourth-order valence-corrected chi connectivity index (χ4v) is 2.21. The lowest BCUT2D eigenvalue weighted by Gasteiger charge is -2.47. The summed E-state index contributed by atoms with van der Waals surface area (Å²) < 4.78 is 0. The van der Waals surface area contributed by atoms with E-state index in [1.54, 1.807) is 0 Å². The lowest BCUT2D eigenvalue weighted by molar-refractivity contribution is 0.0604. The van der Waals surface area contributed by atoms with Gasteiger partial charge in [-0.15, -0.1) is 0 Å². The van der Waals surface area contributed by atoms with Crippen molar-refractivity contribution in [2.45, 2.75) is 45.2 Å². The molecule has 0 aromatic heterocycles. The second kappa shape index (κ2) is 3.75. The Bertz CT molecular complexity index is 141. The molecule has 1 rings (SSSR count). The molecule has 0 bridgehead atoms. The van der Waals surface area contributed by atoms with Gasteiger partial charge in [-0.05, 0) is 26.8 Å². The van der Waals surface area contributed by atoms with Crippen LogP contribution in [0.5, 0.6) is 0 Å². The monoisotopic (exact) mass is 170 g/mol. The molecule has 0 aromatic rings. The summed E-state index contributed by atoms with van der Waals surface area (Å²) in [7, 11) is 2.25. The van der Waals surface area contributed by atoms with Gasteiger partial charge < -0.3 is 5.32 Å². The summed E-state index contributed by atoms with van der Waals surface area (Å²) >= 11 is 0. The first-order chi connectivity index (χ1) is 5.64. The van der Waals surface area contributed by atoms with Crippen LogP contribution in [0.1, 0.15) is 33.6 Å². The third-order valence-corrected chi connectivity index (χ3v) is 3.45. The van der Waals surface area contributed by atoms with Gasteiger partial charge in [0.05, 0.1) is 0 Å². The van der Waals surface area contributed by atoms with Crippen molar-refractivity contribution >= 4 is 0 Å². The molecule has 2 heteroatoms. The molecule has 1 N–H and O–H groups in total. The molecule has 12 heavy (non-hydrogen) atoms. The van der Waals surface area contributed by atoms with Crippen molar-refractivity contribution in [1.29, 1.82) is 0 Å². The molecular weight excluding hydrogens is 148 g/mol. The van der Waals surface area contributed by atoms with Crippen LogP contribution in [0.2, 0.25) is 0 Å². The predicted molar refractivity (Wildman–Crippen MR) is 53.4 cm³/mol. The molecular formula is C10H22N2. The van der Waals surface area contributed by atoms with Gasteiger partial charge in [0.15, 0.2) is 0 Å². The average molecular weight is 170 g/mol. The Labute approximate surface area is 76.3 Å². The third kappa shape index (κ3) is 1.64. The summed E-state index contributed by atoms with van der Waals surface area (Å²) in [6.45, 7) is 9.17. The van der Waals surface area contributed by atoms with Crippen molar-refractivity contribution in [2.24, 2.45) is 0 Å². The summed E-state index contributed by atoms with van der Waals surface area (Å²) in [5, 5.41) is 3.56. The number of rotatable bonds is 2. The largest absolute Gasteiger partial charge is 0.311 e. The molecule has 1 atom stereocenters. The Morgan fingerprint density at radius 3 is 2.42 bits per heavy atom. The smallest absolute Gasteiger partial charge is 0.0326 e. The minimum atomic E-state index is 0.423. The molecule has 0 saturated carbocycles. The van der Waals surface area contributed by atoms with E-state index in [9.17, 15) is 0 Å². The summed E-state index contributed by atoms with van der Waals surface area (Å²) in [5.74, 6) is 0. The molecule has 1 heterocycles. The minimum absolute atomic E-state index is 0.423. The van der Waals surface area contributed by atoms with Gasteiger partial charge in [0.2, 0.25) is 0 Å². The molecule has 72 valence electrons. The van der Waals surface area contributed by atoms with Crippen LogP contribution in [0.4, 0.5) is 0 Å². The topological polar surface area (TPSA) is 15.3 Å².